The molecule has 1 atom stereocenters. The number of hydrogen-bond acceptors (Lipinski definition) is 4. The summed E-state index contributed by atoms with van der Waals surface area (Å²) in [5.74, 6) is -0.152. The molecule has 0 bridgehead atoms. The molecule has 0 saturated carbocycles. The largest absolute Gasteiger partial charge is 0.368 e. The molecule has 15 heavy (non-hydrogen) atoms. The van der Waals surface area contributed by atoms with E-state index in [1.54, 1.807) is 17.6 Å². The first-order valence-electron chi connectivity index (χ1n) is 4.84. The molecule has 80 valence electrons. The van der Waals surface area contributed by atoms with Crippen molar-refractivity contribution < 1.29 is 9.53 Å². The maximum Gasteiger partial charge on any atom is 0.269 e. The van der Waals surface area contributed by atoms with Gasteiger partial charge in [0.2, 0.25) is 0 Å². The fourth-order valence-electron chi connectivity index (χ4n) is 1.38. The normalized spacial score (nSPS) is 20.9. The topological polar surface area (TPSA) is 50.7 Å². The van der Waals surface area contributed by atoms with E-state index in [4.69, 9.17) is 4.74 Å². The molecule has 1 amide bonds. The Hall–Kier alpha value is -1.20. The maximum absolute atomic E-state index is 11.4. The highest BCUT2D eigenvalue weighted by molar-refractivity contribution is 7.11. The van der Waals surface area contributed by atoms with Gasteiger partial charge in [0, 0.05) is 11.5 Å². The smallest absolute Gasteiger partial charge is 0.269 e. The fraction of sp³-hybridized carbons (Fsp3) is 0.400. The van der Waals surface area contributed by atoms with Gasteiger partial charge in [0.25, 0.3) is 5.91 Å². The number of thiophene rings is 1. The van der Waals surface area contributed by atoms with Crippen LogP contribution in [0.15, 0.2) is 22.6 Å². The fourth-order valence-corrected chi connectivity index (χ4v) is 1.97. The molecule has 1 fully saturated rings. The molecule has 2 heterocycles. The number of rotatable bonds is 3. The van der Waals surface area contributed by atoms with E-state index >= 15 is 0 Å². The minimum atomic E-state index is -0.314. The molecule has 0 unspecified atom stereocenters. The lowest BCUT2D eigenvalue weighted by Gasteiger charge is -2.05. The van der Waals surface area contributed by atoms with E-state index in [0.29, 0.717) is 6.61 Å². The number of nitrogens with one attached hydrogen (secondary N) is 1. The van der Waals surface area contributed by atoms with Crippen LogP contribution >= 0.6 is 11.3 Å². The van der Waals surface area contributed by atoms with Crippen molar-refractivity contribution in [2.45, 2.75) is 18.9 Å². The predicted molar refractivity (Wildman–Crippen MR) is 59.0 cm³/mol. The molecular formula is C10H12N2O2S. The van der Waals surface area contributed by atoms with E-state index in [0.717, 1.165) is 17.7 Å². The second-order valence-electron chi connectivity index (χ2n) is 3.25. The van der Waals surface area contributed by atoms with E-state index in [2.05, 4.69) is 10.5 Å². The summed E-state index contributed by atoms with van der Waals surface area (Å²) in [7, 11) is 0. The van der Waals surface area contributed by atoms with Crippen molar-refractivity contribution in [1.82, 2.24) is 5.43 Å². The van der Waals surface area contributed by atoms with Crippen molar-refractivity contribution in [3.8, 4) is 0 Å². The summed E-state index contributed by atoms with van der Waals surface area (Å²) in [6.45, 7) is 0.673. The van der Waals surface area contributed by atoms with Crippen molar-refractivity contribution in [3.05, 3.63) is 22.4 Å². The van der Waals surface area contributed by atoms with E-state index in [1.165, 1.54) is 0 Å². The zero-order valence-electron chi connectivity index (χ0n) is 8.18. The van der Waals surface area contributed by atoms with Gasteiger partial charge < -0.3 is 4.74 Å². The molecule has 4 nitrogen and oxygen atoms in total. The van der Waals surface area contributed by atoms with Gasteiger partial charge in [-0.3, -0.25) is 4.79 Å². The standard InChI is InChI=1S/C10H12N2O2S/c13-10(9-4-1-5-14-9)12-11-7-8-3-2-6-15-8/h2-3,6-7,9H,1,4-5H2,(H,12,13)/b11-7-/t9-/m1/s1. The summed E-state index contributed by atoms with van der Waals surface area (Å²) in [6, 6.07) is 3.88. The van der Waals surface area contributed by atoms with Crippen LogP contribution in [0.4, 0.5) is 0 Å². The molecule has 0 aliphatic carbocycles. The van der Waals surface area contributed by atoms with Crippen molar-refractivity contribution in [3.63, 3.8) is 0 Å². The summed E-state index contributed by atoms with van der Waals surface area (Å²) in [6.07, 6.45) is 3.07. The molecule has 0 aromatic carbocycles. The Balaban J connectivity index is 1.80. The minimum absolute atomic E-state index is 0.152. The molecule has 2 rings (SSSR count). The first-order valence-corrected chi connectivity index (χ1v) is 5.72. The maximum atomic E-state index is 11.4. The van der Waals surface area contributed by atoms with Gasteiger partial charge in [-0.25, -0.2) is 5.43 Å². The summed E-state index contributed by atoms with van der Waals surface area (Å²) < 4.78 is 5.22. The lowest BCUT2D eigenvalue weighted by Crippen LogP contribution is -2.30. The third-order valence-electron chi connectivity index (χ3n) is 2.13. The highest BCUT2D eigenvalue weighted by Gasteiger charge is 2.22. The first-order chi connectivity index (χ1) is 7.36. The Morgan fingerprint density at radius 3 is 3.33 bits per heavy atom. The number of nitrogens with zero attached hydrogens (tertiary/aromatic N) is 1. The lowest BCUT2D eigenvalue weighted by molar-refractivity contribution is -0.130. The zero-order chi connectivity index (χ0) is 10.5. The summed E-state index contributed by atoms with van der Waals surface area (Å²) in [5, 5.41) is 5.83. The van der Waals surface area contributed by atoms with Gasteiger partial charge in [-0.1, -0.05) is 6.07 Å². The molecule has 1 saturated heterocycles. The van der Waals surface area contributed by atoms with Crippen LogP contribution in [-0.2, 0) is 9.53 Å². The van der Waals surface area contributed by atoms with E-state index in [9.17, 15) is 4.79 Å². The van der Waals surface area contributed by atoms with Crippen LogP contribution in [0.3, 0.4) is 0 Å². The average Bonchev–Trinajstić information content (AvgIpc) is 2.90. The lowest BCUT2D eigenvalue weighted by atomic mass is 10.2. The van der Waals surface area contributed by atoms with Crippen LogP contribution in [-0.4, -0.2) is 24.8 Å². The number of ether oxygens (including phenoxy) is 1. The molecule has 1 aromatic rings. The number of carbonyl (C=O) groups excluding carboxylic acids is 1. The van der Waals surface area contributed by atoms with Crippen LogP contribution in [0.5, 0.6) is 0 Å². The Labute approximate surface area is 91.9 Å². The van der Waals surface area contributed by atoms with Crippen LogP contribution in [0, 0.1) is 0 Å². The number of hydrogen-bond donors (Lipinski definition) is 1. The average molecular weight is 224 g/mol. The van der Waals surface area contributed by atoms with Crippen molar-refractivity contribution in [2.75, 3.05) is 6.61 Å². The van der Waals surface area contributed by atoms with Gasteiger partial charge in [0.15, 0.2) is 0 Å². The van der Waals surface area contributed by atoms with E-state index in [-0.39, 0.29) is 12.0 Å². The third-order valence-corrected chi connectivity index (χ3v) is 2.94. The monoisotopic (exact) mass is 224 g/mol. The zero-order valence-corrected chi connectivity index (χ0v) is 9.00. The van der Waals surface area contributed by atoms with Crippen LogP contribution in [0.2, 0.25) is 0 Å². The minimum Gasteiger partial charge on any atom is -0.368 e. The van der Waals surface area contributed by atoms with Crippen molar-refractivity contribution in [1.29, 1.82) is 0 Å². The van der Waals surface area contributed by atoms with Crippen LogP contribution in [0.1, 0.15) is 17.7 Å². The van der Waals surface area contributed by atoms with E-state index in [1.807, 2.05) is 17.5 Å². The predicted octanol–water partition coefficient (Wildman–Crippen LogP) is 1.38. The molecule has 0 radical (unpaired) electrons. The van der Waals surface area contributed by atoms with Gasteiger partial charge in [0.1, 0.15) is 6.10 Å². The Kier molecular flexibility index (Phi) is 3.47. The summed E-state index contributed by atoms with van der Waals surface area (Å²) in [4.78, 5) is 12.4. The molecule has 1 aromatic heterocycles. The molecule has 1 aliphatic heterocycles. The number of hydrazone groups is 1. The summed E-state index contributed by atoms with van der Waals surface area (Å²) >= 11 is 1.57. The molecular weight excluding hydrogens is 212 g/mol. The Bertz CT molecular complexity index is 342. The van der Waals surface area contributed by atoms with Gasteiger partial charge in [-0.05, 0) is 24.3 Å². The van der Waals surface area contributed by atoms with Gasteiger partial charge in [-0.2, -0.15) is 5.10 Å². The summed E-state index contributed by atoms with van der Waals surface area (Å²) in [5.41, 5.74) is 2.48. The second-order valence-corrected chi connectivity index (χ2v) is 4.23. The van der Waals surface area contributed by atoms with Crippen molar-refractivity contribution in [2.24, 2.45) is 5.10 Å². The highest BCUT2D eigenvalue weighted by Crippen LogP contribution is 2.11. The SMILES string of the molecule is O=C(N/N=C\c1cccs1)[C@H]1CCCO1. The third kappa shape index (κ3) is 2.87. The second kappa shape index (κ2) is 5.04. The Morgan fingerprint density at radius 1 is 1.73 bits per heavy atom. The molecule has 1 aliphatic rings. The van der Waals surface area contributed by atoms with Crippen LogP contribution in [0.25, 0.3) is 0 Å². The van der Waals surface area contributed by atoms with Gasteiger partial charge in [0.05, 0.1) is 6.21 Å². The number of carbonyl (C=O) groups is 1. The molecule has 5 heteroatoms. The quantitative estimate of drug-likeness (QED) is 0.623. The van der Waals surface area contributed by atoms with Crippen molar-refractivity contribution >= 4 is 23.5 Å². The van der Waals surface area contributed by atoms with E-state index < -0.39 is 0 Å². The first kappa shape index (κ1) is 10.3. The number of amides is 1. The molecule has 1 N–H and O–H groups in total. The Morgan fingerprint density at radius 2 is 2.67 bits per heavy atom. The molecule has 0 spiro atoms. The van der Waals surface area contributed by atoms with Crippen LogP contribution < -0.4 is 5.43 Å². The highest BCUT2D eigenvalue weighted by atomic mass is 32.1. The van der Waals surface area contributed by atoms with Gasteiger partial charge in [-0.15, -0.1) is 11.3 Å². The van der Waals surface area contributed by atoms with Gasteiger partial charge >= 0.3 is 0 Å².